The van der Waals surface area contributed by atoms with Crippen LogP contribution in [0.4, 0.5) is 0 Å². The highest BCUT2D eigenvalue weighted by molar-refractivity contribution is 8.02. The first-order chi connectivity index (χ1) is 10.4. The summed E-state index contributed by atoms with van der Waals surface area (Å²) in [5.41, 5.74) is 0. The van der Waals surface area contributed by atoms with Crippen molar-refractivity contribution in [3.8, 4) is 11.5 Å². The van der Waals surface area contributed by atoms with Crippen molar-refractivity contribution in [1.29, 1.82) is 0 Å². The number of ether oxygens (including phenoxy) is 2. The molecular formula is C14H16N2O3S2. The van der Waals surface area contributed by atoms with Gasteiger partial charge in [0.2, 0.25) is 6.10 Å². The number of fused-ring (bicyclic) bond motifs is 1. The molecule has 1 aromatic heterocycles. The van der Waals surface area contributed by atoms with Gasteiger partial charge in [0.15, 0.2) is 11.5 Å². The standard InChI is InChI=1S/C14H16N2O3S2/c1-2-20-7-8-21-14-16-15-13(19-14)12-9-17-10-5-3-4-6-11(10)18-12/h3-6,12H,2,7-9H2,1H3/t12-/m0/s1. The minimum Gasteiger partial charge on any atom is -0.485 e. The van der Waals surface area contributed by atoms with Crippen molar-refractivity contribution in [2.75, 3.05) is 23.9 Å². The molecule has 1 atom stereocenters. The van der Waals surface area contributed by atoms with Crippen LogP contribution in [0.2, 0.25) is 0 Å². The summed E-state index contributed by atoms with van der Waals surface area (Å²) in [5, 5.41) is 8.70. The third-order valence-corrected chi connectivity index (χ3v) is 4.84. The SMILES string of the molecule is CCSCCSc1nnc([C@@H]2COc3ccccc3O2)o1. The van der Waals surface area contributed by atoms with Crippen LogP contribution in [-0.4, -0.2) is 34.1 Å². The molecule has 1 aliphatic heterocycles. The van der Waals surface area contributed by atoms with Crippen molar-refractivity contribution in [2.45, 2.75) is 18.3 Å². The Morgan fingerprint density at radius 1 is 1.19 bits per heavy atom. The predicted molar refractivity (Wildman–Crippen MR) is 83.3 cm³/mol. The Morgan fingerprint density at radius 2 is 2.05 bits per heavy atom. The third-order valence-electron chi connectivity index (χ3n) is 2.86. The van der Waals surface area contributed by atoms with Gasteiger partial charge in [-0.1, -0.05) is 30.8 Å². The Hall–Kier alpha value is -1.34. The van der Waals surface area contributed by atoms with Gasteiger partial charge in [-0.05, 0) is 17.9 Å². The molecule has 0 aliphatic carbocycles. The zero-order chi connectivity index (χ0) is 14.5. The van der Waals surface area contributed by atoms with Gasteiger partial charge in [-0.3, -0.25) is 0 Å². The van der Waals surface area contributed by atoms with E-state index in [1.165, 1.54) is 0 Å². The molecule has 5 nitrogen and oxygen atoms in total. The minimum absolute atomic E-state index is 0.341. The lowest BCUT2D eigenvalue weighted by Gasteiger charge is -2.23. The van der Waals surface area contributed by atoms with Gasteiger partial charge in [-0.15, -0.1) is 10.2 Å². The average Bonchev–Trinajstić information content (AvgIpc) is 3.00. The Labute approximate surface area is 131 Å². The van der Waals surface area contributed by atoms with Crippen molar-refractivity contribution in [3.05, 3.63) is 30.2 Å². The zero-order valence-corrected chi connectivity index (χ0v) is 13.3. The maximum Gasteiger partial charge on any atom is 0.276 e. The molecule has 0 spiro atoms. The summed E-state index contributed by atoms with van der Waals surface area (Å²) in [5.74, 6) is 5.10. The second kappa shape index (κ2) is 7.09. The van der Waals surface area contributed by atoms with Crippen LogP contribution in [-0.2, 0) is 0 Å². The zero-order valence-electron chi connectivity index (χ0n) is 11.7. The lowest BCUT2D eigenvalue weighted by Crippen LogP contribution is -2.21. The van der Waals surface area contributed by atoms with Crippen LogP contribution in [0.5, 0.6) is 11.5 Å². The first-order valence-electron chi connectivity index (χ1n) is 6.79. The van der Waals surface area contributed by atoms with Gasteiger partial charge in [-0.2, -0.15) is 11.8 Å². The number of benzene rings is 1. The van der Waals surface area contributed by atoms with Gasteiger partial charge in [0.1, 0.15) is 6.61 Å². The van der Waals surface area contributed by atoms with E-state index >= 15 is 0 Å². The first kappa shape index (κ1) is 14.6. The molecule has 0 amide bonds. The van der Waals surface area contributed by atoms with Crippen molar-refractivity contribution in [1.82, 2.24) is 10.2 Å². The Morgan fingerprint density at radius 3 is 2.90 bits per heavy atom. The van der Waals surface area contributed by atoms with E-state index in [0.717, 1.165) is 23.0 Å². The molecule has 0 saturated heterocycles. The second-order valence-electron chi connectivity index (χ2n) is 4.32. The molecule has 2 aromatic rings. The fourth-order valence-electron chi connectivity index (χ4n) is 1.88. The average molecular weight is 324 g/mol. The molecule has 1 aromatic carbocycles. The molecule has 112 valence electrons. The van der Waals surface area contributed by atoms with Crippen molar-refractivity contribution >= 4 is 23.5 Å². The normalized spacial score (nSPS) is 16.9. The lowest BCUT2D eigenvalue weighted by molar-refractivity contribution is 0.0686. The molecule has 0 bridgehead atoms. The Kier molecular flexibility index (Phi) is 4.92. The maximum absolute atomic E-state index is 5.84. The van der Waals surface area contributed by atoms with Gasteiger partial charge >= 0.3 is 0 Å². The molecule has 0 N–H and O–H groups in total. The molecule has 21 heavy (non-hydrogen) atoms. The molecular weight excluding hydrogens is 308 g/mol. The molecule has 7 heteroatoms. The first-order valence-corrected chi connectivity index (χ1v) is 8.93. The summed E-state index contributed by atoms with van der Waals surface area (Å²) in [6.45, 7) is 2.54. The number of rotatable bonds is 6. The van der Waals surface area contributed by atoms with Crippen LogP contribution < -0.4 is 9.47 Å². The fraction of sp³-hybridized carbons (Fsp3) is 0.429. The van der Waals surface area contributed by atoms with Crippen LogP contribution in [0.3, 0.4) is 0 Å². The van der Waals surface area contributed by atoms with Gasteiger partial charge in [0.05, 0.1) is 0 Å². The van der Waals surface area contributed by atoms with Crippen LogP contribution in [0, 0.1) is 0 Å². The largest absolute Gasteiger partial charge is 0.485 e. The molecule has 1 aliphatic rings. The van der Waals surface area contributed by atoms with Crippen LogP contribution in [0.15, 0.2) is 33.9 Å². The number of hydrogen-bond acceptors (Lipinski definition) is 7. The van der Waals surface area contributed by atoms with Gasteiger partial charge in [-0.25, -0.2) is 0 Å². The molecule has 0 fully saturated rings. The minimum atomic E-state index is -0.341. The molecule has 3 rings (SSSR count). The smallest absolute Gasteiger partial charge is 0.276 e. The van der Waals surface area contributed by atoms with E-state index in [2.05, 4.69) is 17.1 Å². The summed E-state index contributed by atoms with van der Waals surface area (Å²) in [4.78, 5) is 0. The van der Waals surface area contributed by atoms with Crippen molar-refractivity contribution < 1.29 is 13.9 Å². The number of hydrogen-bond donors (Lipinski definition) is 0. The number of thioether (sulfide) groups is 2. The van der Waals surface area contributed by atoms with E-state index in [1.807, 2.05) is 36.0 Å². The Balaban J connectivity index is 1.59. The van der Waals surface area contributed by atoms with E-state index in [-0.39, 0.29) is 6.10 Å². The summed E-state index contributed by atoms with van der Waals surface area (Å²) in [6, 6.07) is 7.57. The highest BCUT2D eigenvalue weighted by atomic mass is 32.2. The molecule has 2 heterocycles. The number of nitrogens with zero attached hydrogens (tertiary/aromatic N) is 2. The third kappa shape index (κ3) is 3.65. The monoisotopic (exact) mass is 324 g/mol. The molecule has 0 unspecified atom stereocenters. The van der Waals surface area contributed by atoms with Crippen LogP contribution in [0.25, 0.3) is 0 Å². The molecule has 0 radical (unpaired) electrons. The summed E-state index contributed by atoms with van der Waals surface area (Å²) >= 11 is 3.47. The van der Waals surface area contributed by atoms with Gasteiger partial charge in [0, 0.05) is 11.5 Å². The highest BCUT2D eigenvalue weighted by Gasteiger charge is 2.27. The summed E-state index contributed by atoms with van der Waals surface area (Å²) < 4.78 is 17.1. The molecule has 0 saturated carbocycles. The van der Waals surface area contributed by atoms with E-state index in [4.69, 9.17) is 13.9 Å². The number of aromatic nitrogens is 2. The summed E-state index contributed by atoms with van der Waals surface area (Å²) in [6.07, 6.45) is -0.341. The predicted octanol–water partition coefficient (Wildman–Crippen LogP) is 3.43. The quantitative estimate of drug-likeness (QED) is 0.596. The maximum atomic E-state index is 5.84. The fourth-order valence-corrected chi connectivity index (χ4v) is 3.39. The lowest BCUT2D eigenvalue weighted by atomic mass is 10.2. The second-order valence-corrected chi connectivity index (χ2v) is 6.76. The highest BCUT2D eigenvalue weighted by Crippen LogP contribution is 2.35. The van der Waals surface area contributed by atoms with Crippen LogP contribution >= 0.6 is 23.5 Å². The van der Waals surface area contributed by atoms with E-state index in [1.54, 1.807) is 11.8 Å². The van der Waals surface area contributed by atoms with Crippen LogP contribution in [0.1, 0.15) is 18.9 Å². The van der Waals surface area contributed by atoms with Gasteiger partial charge in [0.25, 0.3) is 11.1 Å². The van der Waals surface area contributed by atoms with Crippen molar-refractivity contribution in [3.63, 3.8) is 0 Å². The Bertz CT molecular complexity index is 591. The number of para-hydroxylation sites is 2. The van der Waals surface area contributed by atoms with Crippen molar-refractivity contribution in [2.24, 2.45) is 0 Å². The summed E-state index contributed by atoms with van der Waals surface area (Å²) in [7, 11) is 0. The van der Waals surface area contributed by atoms with E-state index < -0.39 is 0 Å². The van der Waals surface area contributed by atoms with E-state index in [9.17, 15) is 0 Å². The van der Waals surface area contributed by atoms with E-state index in [0.29, 0.717) is 23.5 Å². The van der Waals surface area contributed by atoms with Gasteiger partial charge < -0.3 is 13.9 Å². The topological polar surface area (TPSA) is 57.4 Å².